The van der Waals surface area contributed by atoms with Gasteiger partial charge in [0.15, 0.2) is 0 Å². The summed E-state index contributed by atoms with van der Waals surface area (Å²) in [6.07, 6.45) is 0.865. The Morgan fingerprint density at radius 3 is 2.71 bits per heavy atom. The van der Waals surface area contributed by atoms with Crippen LogP contribution in [0.1, 0.15) is 31.9 Å². The molecule has 1 unspecified atom stereocenters. The first-order chi connectivity index (χ1) is 8.20. The number of hydrogen-bond acceptors (Lipinski definition) is 3. The summed E-state index contributed by atoms with van der Waals surface area (Å²) < 4.78 is 18.6. The van der Waals surface area contributed by atoms with Gasteiger partial charge < -0.3 is 10.1 Å². The summed E-state index contributed by atoms with van der Waals surface area (Å²) >= 11 is 0. The van der Waals surface area contributed by atoms with E-state index < -0.39 is 17.8 Å². The molecule has 94 valence electrons. The molecule has 1 aromatic rings. The van der Waals surface area contributed by atoms with E-state index in [0.717, 1.165) is 6.42 Å². The highest BCUT2D eigenvalue weighted by Gasteiger charge is 2.23. The minimum absolute atomic E-state index is 0.289. The Kier molecular flexibility index (Phi) is 5.63. The average molecular weight is 239 g/mol. The molecule has 0 bridgehead atoms. The van der Waals surface area contributed by atoms with Crippen LogP contribution in [0.5, 0.6) is 0 Å². The molecule has 1 rings (SSSR count). The predicted molar refractivity (Wildman–Crippen MR) is 64.1 cm³/mol. The Morgan fingerprint density at radius 1 is 1.41 bits per heavy atom. The quantitative estimate of drug-likeness (QED) is 0.775. The zero-order valence-corrected chi connectivity index (χ0v) is 10.2. The van der Waals surface area contributed by atoms with Crippen molar-refractivity contribution in [1.82, 2.24) is 5.32 Å². The standard InChI is InChI=1S/C13H18FNO2/c1-3-9-15-12(13(16)17-4-2)10-7-5-6-8-11(10)14/h5-8,12,15H,3-4,9H2,1-2H3. The summed E-state index contributed by atoms with van der Waals surface area (Å²) in [5.74, 6) is -0.833. The number of hydrogen-bond donors (Lipinski definition) is 1. The van der Waals surface area contributed by atoms with Crippen molar-refractivity contribution in [1.29, 1.82) is 0 Å². The van der Waals surface area contributed by atoms with Crippen LogP contribution in [-0.4, -0.2) is 19.1 Å². The highest BCUT2D eigenvalue weighted by atomic mass is 19.1. The van der Waals surface area contributed by atoms with Crippen LogP contribution in [0.25, 0.3) is 0 Å². The van der Waals surface area contributed by atoms with Gasteiger partial charge in [-0.05, 0) is 26.0 Å². The van der Waals surface area contributed by atoms with Crippen LogP contribution in [-0.2, 0) is 9.53 Å². The lowest BCUT2D eigenvalue weighted by atomic mass is 10.1. The van der Waals surface area contributed by atoms with Crippen LogP contribution in [0.4, 0.5) is 4.39 Å². The van der Waals surface area contributed by atoms with Gasteiger partial charge in [-0.2, -0.15) is 0 Å². The number of ether oxygens (including phenoxy) is 1. The van der Waals surface area contributed by atoms with E-state index in [2.05, 4.69) is 5.32 Å². The molecule has 17 heavy (non-hydrogen) atoms. The predicted octanol–water partition coefficient (Wildman–Crippen LogP) is 2.43. The molecule has 0 radical (unpaired) electrons. The highest BCUT2D eigenvalue weighted by Crippen LogP contribution is 2.18. The number of carbonyl (C=O) groups excluding carboxylic acids is 1. The molecule has 4 heteroatoms. The molecule has 0 spiro atoms. The monoisotopic (exact) mass is 239 g/mol. The fourth-order valence-electron chi connectivity index (χ4n) is 1.54. The van der Waals surface area contributed by atoms with Gasteiger partial charge in [0, 0.05) is 5.56 Å². The maximum atomic E-state index is 13.6. The number of nitrogens with one attached hydrogen (secondary N) is 1. The molecular formula is C13H18FNO2. The van der Waals surface area contributed by atoms with Crippen molar-refractivity contribution in [2.24, 2.45) is 0 Å². The molecular weight excluding hydrogens is 221 g/mol. The van der Waals surface area contributed by atoms with E-state index in [1.165, 1.54) is 6.07 Å². The lowest BCUT2D eigenvalue weighted by molar-refractivity contribution is -0.145. The Balaban J connectivity index is 2.89. The van der Waals surface area contributed by atoms with Crippen molar-refractivity contribution in [2.45, 2.75) is 26.3 Å². The molecule has 1 N–H and O–H groups in total. The second-order valence-electron chi connectivity index (χ2n) is 3.66. The molecule has 0 fully saturated rings. The SMILES string of the molecule is CCCNC(C(=O)OCC)c1ccccc1F. The lowest BCUT2D eigenvalue weighted by Crippen LogP contribution is -2.31. The fourth-order valence-corrected chi connectivity index (χ4v) is 1.54. The van der Waals surface area contributed by atoms with Crippen molar-refractivity contribution in [3.05, 3.63) is 35.6 Å². The molecule has 0 aromatic heterocycles. The minimum atomic E-state index is -0.726. The van der Waals surface area contributed by atoms with E-state index in [4.69, 9.17) is 4.74 Å². The first kappa shape index (κ1) is 13.6. The van der Waals surface area contributed by atoms with Crippen LogP contribution in [0.15, 0.2) is 24.3 Å². The third kappa shape index (κ3) is 3.82. The van der Waals surface area contributed by atoms with Gasteiger partial charge in [-0.1, -0.05) is 25.1 Å². The van der Waals surface area contributed by atoms with E-state index in [-0.39, 0.29) is 6.61 Å². The number of halogens is 1. The van der Waals surface area contributed by atoms with Gasteiger partial charge in [0.25, 0.3) is 0 Å². The summed E-state index contributed by atoms with van der Waals surface area (Å²) in [4.78, 5) is 11.8. The summed E-state index contributed by atoms with van der Waals surface area (Å²) in [6.45, 7) is 4.64. The van der Waals surface area contributed by atoms with E-state index in [0.29, 0.717) is 12.1 Å². The number of benzene rings is 1. The maximum absolute atomic E-state index is 13.6. The summed E-state index contributed by atoms with van der Waals surface area (Å²) in [5, 5.41) is 3.00. The molecule has 0 aliphatic carbocycles. The molecule has 1 aromatic carbocycles. The van der Waals surface area contributed by atoms with E-state index in [1.54, 1.807) is 25.1 Å². The molecule has 0 amide bonds. The van der Waals surface area contributed by atoms with Gasteiger partial charge in [0.1, 0.15) is 11.9 Å². The maximum Gasteiger partial charge on any atom is 0.327 e. The third-order valence-corrected chi connectivity index (χ3v) is 2.34. The number of rotatable bonds is 6. The van der Waals surface area contributed by atoms with Crippen molar-refractivity contribution in [3.8, 4) is 0 Å². The van der Waals surface area contributed by atoms with E-state index in [9.17, 15) is 9.18 Å². The normalized spacial score (nSPS) is 12.2. The van der Waals surface area contributed by atoms with Crippen LogP contribution < -0.4 is 5.32 Å². The Morgan fingerprint density at radius 2 is 2.12 bits per heavy atom. The van der Waals surface area contributed by atoms with Gasteiger partial charge in [-0.15, -0.1) is 0 Å². The number of esters is 1. The van der Waals surface area contributed by atoms with Crippen molar-refractivity contribution >= 4 is 5.97 Å². The second kappa shape index (κ2) is 7.01. The van der Waals surface area contributed by atoms with Gasteiger partial charge >= 0.3 is 5.97 Å². The van der Waals surface area contributed by atoms with Crippen molar-refractivity contribution in [3.63, 3.8) is 0 Å². The van der Waals surface area contributed by atoms with Crippen LogP contribution in [0.2, 0.25) is 0 Å². The Hall–Kier alpha value is -1.42. The van der Waals surface area contributed by atoms with Crippen molar-refractivity contribution in [2.75, 3.05) is 13.2 Å². The van der Waals surface area contributed by atoms with Gasteiger partial charge in [0.05, 0.1) is 6.61 Å². The van der Waals surface area contributed by atoms with Gasteiger partial charge in [-0.3, -0.25) is 0 Å². The molecule has 0 saturated heterocycles. The summed E-state index contributed by atoms with van der Waals surface area (Å²) in [7, 11) is 0. The first-order valence-electron chi connectivity index (χ1n) is 5.85. The molecule has 0 aliphatic rings. The van der Waals surface area contributed by atoms with Gasteiger partial charge in [0.2, 0.25) is 0 Å². The smallest absolute Gasteiger partial charge is 0.327 e. The van der Waals surface area contributed by atoms with Crippen LogP contribution >= 0.6 is 0 Å². The Labute approximate surface area is 101 Å². The zero-order valence-electron chi connectivity index (χ0n) is 10.2. The molecule has 0 heterocycles. The minimum Gasteiger partial charge on any atom is -0.465 e. The summed E-state index contributed by atoms with van der Waals surface area (Å²) in [5.41, 5.74) is 0.333. The largest absolute Gasteiger partial charge is 0.465 e. The zero-order chi connectivity index (χ0) is 12.7. The third-order valence-electron chi connectivity index (χ3n) is 2.34. The Bertz CT molecular complexity index is 368. The van der Waals surface area contributed by atoms with Gasteiger partial charge in [-0.25, -0.2) is 9.18 Å². The fraction of sp³-hybridized carbons (Fsp3) is 0.462. The molecule has 1 atom stereocenters. The van der Waals surface area contributed by atoms with E-state index >= 15 is 0 Å². The van der Waals surface area contributed by atoms with Crippen molar-refractivity contribution < 1.29 is 13.9 Å². The molecule has 0 aliphatic heterocycles. The van der Waals surface area contributed by atoms with E-state index in [1.807, 2.05) is 6.92 Å². The topological polar surface area (TPSA) is 38.3 Å². The second-order valence-corrected chi connectivity index (χ2v) is 3.66. The number of carbonyl (C=O) groups is 1. The highest BCUT2D eigenvalue weighted by molar-refractivity contribution is 5.77. The summed E-state index contributed by atoms with van der Waals surface area (Å²) in [6, 6.07) is 5.52. The molecule has 0 saturated carbocycles. The van der Waals surface area contributed by atoms with Crippen LogP contribution in [0, 0.1) is 5.82 Å². The molecule has 3 nitrogen and oxygen atoms in total. The lowest BCUT2D eigenvalue weighted by Gasteiger charge is -2.17. The van der Waals surface area contributed by atoms with Crippen LogP contribution in [0.3, 0.4) is 0 Å². The first-order valence-corrected chi connectivity index (χ1v) is 5.85. The average Bonchev–Trinajstić information content (AvgIpc) is 2.32.